The van der Waals surface area contributed by atoms with E-state index in [1.165, 1.54) is 48.2 Å². The van der Waals surface area contributed by atoms with E-state index in [2.05, 4.69) is 46.1 Å². The summed E-state index contributed by atoms with van der Waals surface area (Å²) in [5.74, 6) is -1.14. The number of nitrogens with zero attached hydrogens (tertiary/aromatic N) is 4. The summed E-state index contributed by atoms with van der Waals surface area (Å²) in [7, 11) is 0. The van der Waals surface area contributed by atoms with Crippen LogP contribution in [0.3, 0.4) is 0 Å². The number of hydrogen-bond donors (Lipinski definition) is 2. The molecule has 214 valence electrons. The van der Waals surface area contributed by atoms with E-state index in [0.29, 0.717) is 11.4 Å². The van der Waals surface area contributed by atoms with Gasteiger partial charge in [0.15, 0.2) is 0 Å². The number of aromatic carboxylic acids is 2. The predicted molar refractivity (Wildman–Crippen MR) is 172 cm³/mol. The molecule has 0 aliphatic carbocycles. The van der Waals surface area contributed by atoms with Crippen LogP contribution in [0.4, 0.5) is 0 Å². The summed E-state index contributed by atoms with van der Waals surface area (Å²) in [4.78, 5) is 44.9. The number of thiophene rings is 1. The maximum Gasteiger partial charge on any atom is 0.335 e. The molecule has 6 aromatic rings. The van der Waals surface area contributed by atoms with Crippen molar-refractivity contribution in [2.24, 2.45) is 0 Å². The molecule has 5 aromatic heterocycles. The Hall–Kier alpha value is -4.45. The van der Waals surface area contributed by atoms with Crippen LogP contribution in [0.5, 0.6) is 0 Å². The number of benzene rings is 1. The number of rotatable bonds is 10. The molecule has 5 heterocycles. The van der Waals surface area contributed by atoms with E-state index in [1.807, 2.05) is 30.0 Å². The number of carbonyl (C=O) groups is 2. The Bertz CT molecular complexity index is 1980. The molecule has 1 aromatic carbocycles. The molecule has 0 bridgehead atoms. The van der Waals surface area contributed by atoms with E-state index in [1.54, 1.807) is 28.9 Å². The zero-order chi connectivity index (χ0) is 29.9. The quantitative estimate of drug-likeness (QED) is 0.114. The smallest absolute Gasteiger partial charge is 0.335 e. The van der Waals surface area contributed by atoms with Gasteiger partial charge in [0.2, 0.25) is 0 Å². The highest BCUT2D eigenvalue weighted by Crippen LogP contribution is 2.39. The van der Waals surface area contributed by atoms with Crippen molar-refractivity contribution in [3.8, 4) is 43.1 Å². The summed E-state index contributed by atoms with van der Waals surface area (Å²) in [6.07, 6.45) is 5.40. The normalized spacial score (nSPS) is 11.2. The van der Waals surface area contributed by atoms with Gasteiger partial charge in [-0.25, -0.2) is 19.6 Å². The number of thioether (sulfide) groups is 1. The number of pyridine rings is 3. The van der Waals surface area contributed by atoms with Crippen LogP contribution in [-0.4, -0.2) is 47.8 Å². The van der Waals surface area contributed by atoms with Gasteiger partial charge in [-0.1, -0.05) is 13.3 Å². The molecule has 0 unspecified atom stereocenters. The minimum Gasteiger partial charge on any atom is -0.478 e. The van der Waals surface area contributed by atoms with Crippen molar-refractivity contribution >= 4 is 56.6 Å². The van der Waals surface area contributed by atoms with Crippen LogP contribution in [-0.2, 0) is 0 Å². The standard InChI is InChI=1S/C32H24N4O4S3/c1-2-3-12-41-21-4-5-28-26(17-21)36-30(43-28)29-7-6-27(42-29)18-8-10-33-22(13-18)24-15-20(32(39)40)16-25(35-24)23-14-19(31(37)38)9-11-34-23/h4-11,13-17H,2-3,12H2,1H3,(H,37,38)(H,39,40). The fraction of sp³-hybridized carbons (Fsp3) is 0.125. The number of hydrogen-bond acceptors (Lipinski definition) is 9. The lowest BCUT2D eigenvalue weighted by atomic mass is 10.1. The van der Waals surface area contributed by atoms with E-state index in [4.69, 9.17) is 4.98 Å². The Labute approximate surface area is 259 Å². The summed E-state index contributed by atoms with van der Waals surface area (Å²) in [6, 6.07) is 19.9. The second-order valence-electron chi connectivity index (χ2n) is 9.61. The number of aromatic nitrogens is 4. The molecule has 0 atom stereocenters. The van der Waals surface area contributed by atoms with E-state index in [9.17, 15) is 19.8 Å². The average Bonchev–Trinajstić information content (AvgIpc) is 3.69. The van der Waals surface area contributed by atoms with E-state index in [0.717, 1.165) is 36.3 Å². The van der Waals surface area contributed by atoms with Crippen LogP contribution in [0.25, 0.3) is 53.3 Å². The van der Waals surface area contributed by atoms with Crippen LogP contribution < -0.4 is 0 Å². The summed E-state index contributed by atoms with van der Waals surface area (Å²) < 4.78 is 1.15. The minimum atomic E-state index is -1.14. The second kappa shape index (κ2) is 12.4. The van der Waals surface area contributed by atoms with Crippen molar-refractivity contribution in [2.75, 3.05) is 5.75 Å². The molecule has 0 aliphatic heterocycles. The van der Waals surface area contributed by atoms with Crippen LogP contribution in [0.1, 0.15) is 40.5 Å². The highest BCUT2D eigenvalue weighted by atomic mass is 32.2. The highest BCUT2D eigenvalue weighted by molar-refractivity contribution is 7.99. The molecule has 0 aliphatic rings. The van der Waals surface area contributed by atoms with Crippen molar-refractivity contribution in [2.45, 2.75) is 24.7 Å². The zero-order valence-electron chi connectivity index (χ0n) is 22.9. The number of carboxylic acid groups (broad SMARTS) is 2. The van der Waals surface area contributed by atoms with Gasteiger partial charge in [-0.2, -0.15) is 0 Å². The molecular formula is C32H24N4O4S3. The van der Waals surface area contributed by atoms with Gasteiger partial charge in [0.1, 0.15) is 5.01 Å². The number of thiazole rings is 1. The third kappa shape index (κ3) is 6.34. The Balaban J connectivity index is 1.31. The molecule has 0 fully saturated rings. The summed E-state index contributed by atoms with van der Waals surface area (Å²) in [6.45, 7) is 2.20. The van der Waals surface area contributed by atoms with Crippen molar-refractivity contribution in [3.63, 3.8) is 0 Å². The van der Waals surface area contributed by atoms with Crippen molar-refractivity contribution in [3.05, 3.63) is 90.3 Å². The van der Waals surface area contributed by atoms with Gasteiger partial charge in [-0.15, -0.1) is 34.4 Å². The fourth-order valence-electron chi connectivity index (χ4n) is 4.39. The van der Waals surface area contributed by atoms with Gasteiger partial charge in [-0.3, -0.25) is 9.97 Å². The SMILES string of the molecule is CCCCSc1ccc2sc(-c3ccc(-c4ccnc(-c5cc(C(=O)O)cc(-c6cc(C(=O)O)ccn6)n5)c4)s3)nc2c1. The average molecular weight is 625 g/mol. The zero-order valence-corrected chi connectivity index (χ0v) is 25.3. The van der Waals surface area contributed by atoms with Crippen molar-refractivity contribution in [1.82, 2.24) is 19.9 Å². The molecule has 0 amide bonds. The number of carboxylic acids is 2. The Kier molecular flexibility index (Phi) is 8.28. The molecule has 8 nitrogen and oxygen atoms in total. The van der Waals surface area contributed by atoms with Gasteiger partial charge < -0.3 is 10.2 Å². The topological polar surface area (TPSA) is 126 Å². The summed E-state index contributed by atoms with van der Waals surface area (Å²) in [5.41, 5.74) is 3.27. The van der Waals surface area contributed by atoms with Crippen molar-refractivity contribution < 1.29 is 19.8 Å². The Morgan fingerprint density at radius 1 is 0.744 bits per heavy atom. The van der Waals surface area contributed by atoms with Crippen LogP contribution >= 0.6 is 34.4 Å². The van der Waals surface area contributed by atoms with Gasteiger partial charge in [0.05, 0.1) is 49.0 Å². The molecular weight excluding hydrogens is 601 g/mol. The first kappa shape index (κ1) is 28.7. The van der Waals surface area contributed by atoms with Gasteiger partial charge in [0.25, 0.3) is 0 Å². The largest absolute Gasteiger partial charge is 0.478 e. The van der Waals surface area contributed by atoms with E-state index >= 15 is 0 Å². The van der Waals surface area contributed by atoms with Gasteiger partial charge >= 0.3 is 11.9 Å². The van der Waals surface area contributed by atoms with Crippen LogP contribution in [0, 0.1) is 0 Å². The Morgan fingerprint density at radius 3 is 2.19 bits per heavy atom. The lowest BCUT2D eigenvalue weighted by molar-refractivity contribution is 0.0686. The van der Waals surface area contributed by atoms with E-state index in [-0.39, 0.29) is 22.5 Å². The van der Waals surface area contributed by atoms with Crippen LogP contribution in [0.2, 0.25) is 0 Å². The lowest BCUT2D eigenvalue weighted by Crippen LogP contribution is -2.02. The monoisotopic (exact) mass is 624 g/mol. The molecule has 6 rings (SSSR count). The summed E-state index contributed by atoms with van der Waals surface area (Å²) >= 11 is 5.16. The van der Waals surface area contributed by atoms with Crippen molar-refractivity contribution in [1.29, 1.82) is 0 Å². The molecule has 2 N–H and O–H groups in total. The first-order valence-electron chi connectivity index (χ1n) is 13.4. The first-order valence-corrected chi connectivity index (χ1v) is 16.1. The maximum absolute atomic E-state index is 11.9. The number of unbranched alkanes of at least 4 members (excludes halogenated alkanes) is 1. The number of fused-ring (bicyclic) bond motifs is 1. The Morgan fingerprint density at radius 2 is 1.44 bits per heavy atom. The molecule has 0 radical (unpaired) electrons. The first-order chi connectivity index (χ1) is 20.9. The minimum absolute atomic E-state index is 0.00380. The van der Waals surface area contributed by atoms with E-state index < -0.39 is 11.9 Å². The predicted octanol–water partition coefficient (Wildman–Crippen LogP) is 8.50. The molecule has 0 spiro atoms. The molecule has 11 heteroatoms. The lowest BCUT2D eigenvalue weighted by Gasteiger charge is -2.08. The van der Waals surface area contributed by atoms with Gasteiger partial charge in [-0.05, 0) is 84.5 Å². The van der Waals surface area contributed by atoms with Gasteiger partial charge in [0, 0.05) is 22.2 Å². The second-order valence-corrected chi connectivity index (χ2v) is 12.9. The fourth-order valence-corrected chi connectivity index (χ4v) is 7.42. The highest BCUT2D eigenvalue weighted by Gasteiger charge is 2.16. The third-order valence-electron chi connectivity index (χ3n) is 6.59. The van der Waals surface area contributed by atoms with Crippen LogP contribution in [0.15, 0.2) is 84.0 Å². The third-order valence-corrected chi connectivity index (χ3v) is 10.0. The molecule has 43 heavy (non-hydrogen) atoms. The molecule has 0 saturated heterocycles. The maximum atomic E-state index is 11.9. The molecule has 0 saturated carbocycles. The summed E-state index contributed by atoms with van der Waals surface area (Å²) in [5, 5.41) is 20.1.